The normalized spacial score (nSPS) is 16.3. The number of nitrogens with one attached hydrogen (secondary N) is 2. The number of nitrogens with zero attached hydrogens (tertiary/aromatic N) is 2. The Kier molecular flexibility index (Phi) is 11.4. The molecule has 0 saturated carbocycles. The summed E-state index contributed by atoms with van der Waals surface area (Å²) >= 11 is 3.54. The molecular formula is C15H27IN4O2S3. The number of guanidine groups is 1. The van der Waals surface area contributed by atoms with Gasteiger partial charge in [0.25, 0.3) is 0 Å². The fourth-order valence-corrected chi connectivity index (χ4v) is 5.49. The van der Waals surface area contributed by atoms with Crippen molar-refractivity contribution in [1.29, 1.82) is 0 Å². The monoisotopic (exact) mass is 518 g/mol. The minimum atomic E-state index is -3.19. The Morgan fingerprint density at radius 3 is 2.72 bits per heavy atom. The average molecular weight is 519 g/mol. The second-order valence-corrected chi connectivity index (χ2v) is 9.69. The van der Waals surface area contributed by atoms with E-state index in [-0.39, 0.29) is 36.3 Å². The van der Waals surface area contributed by atoms with Crippen LogP contribution in [0.15, 0.2) is 22.5 Å². The van der Waals surface area contributed by atoms with Crippen LogP contribution in [0.2, 0.25) is 0 Å². The standard InChI is InChI=1S/C15H26N4O2S3.HI/c1-2-16-15(17-6-5-14-4-3-10-23-14)18-7-13-24(20,21)19-8-11-22-12-9-19;/h3-4,10H,2,5-9,11-13H2,1H3,(H2,16,17,18);1H. The Morgan fingerprint density at radius 1 is 1.32 bits per heavy atom. The van der Waals surface area contributed by atoms with Gasteiger partial charge in [-0.25, -0.2) is 12.7 Å². The maximum absolute atomic E-state index is 12.3. The topological polar surface area (TPSA) is 73.8 Å². The van der Waals surface area contributed by atoms with Crippen molar-refractivity contribution in [3.8, 4) is 0 Å². The van der Waals surface area contributed by atoms with Gasteiger partial charge in [0, 0.05) is 42.6 Å². The Bertz CT molecular complexity index is 602. The van der Waals surface area contributed by atoms with E-state index in [2.05, 4.69) is 27.1 Å². The van der Waals surface area contributed by atoms with Crippen LogP contribution in [-0.2, 0) is 16.4 Å². The number of halogens is 1. The predicted octanol–water partition coefficient (Wildman–Crippen LogP) is 1.84. The highest BCUT2D eigenvalue weighted by atomic mass is 127. The summed E-state index contributed by atoms with van der Waals surface area (Å²) in [7, 11) is -3.19. The van der Waals surface area contributed by atoms with E-state index in [0.29, 0.717) is 19.0 Å². The van der Waals surface area contributed by atoms with Crippen LogP contribution >= 0.6 is 47.1 Å². The second kappa shape index (κ2) is 12.4. The SMILES string of the molecule is CCNC(=NCCS(=O)(=O)N1CCSCC1)NCCc1cccs1.I. The van der Waals surface area contributed by atoms with Gasteiger partial charge < -0.3 is 10.6 Å². The molecule has 1 saturated heterocycles. The van der Waals surface area contributed by atoms with Crippen LogP contribution in [0.3, 0.4) is 0 Å². The van der Waals surface area contributed by atoms with Crippen molar-refractivity contribution in [3.05, 3.63) is 22.4 Å². The first-order valence-corrected chi connectivity index (χ1v) is 11.9. The zero-order valence-corrected chi connectivity index (χ0v) is 19.2. The molecule has 0 spiro atoms. The highest BCUT2D eigenvalue weighted by Gasteiger charge is 2.23. The first-order valence-electron chi connectivity index (χ1n) is 8.22. The van der Waals surface area contributed by atoms with E-state index in [0.717, 1.165) is 31.0 Å². The van der Waals surface area contributed by atoms with Crippen molar-refractivity contribution in [3.63, 3.8) is 0 Å². The van der Waals surface area contributed by atoms with Crippen molar-refractivity contribution in [2.45, 2.75) is 13.3 Å². The van der Waals surface area contributed by atoms with E-state index in [4.69, 9.17) is 0 Å². The van der Waals surface area contributed by atoms with E-state index in [1.165, 1.54) is 4.88 Å². The van der Waals surface area contributed by atoms with Gasteiger partial charge in [-0.2, -0.15) is 11.8 Å². The number of hydrogen-bond acceptors (Lipinski definition) is 5. The molecule has 10 heteroatoms. The lowest BCUT2D eigenvalue weighted by Crippen LogP contribution is -2.41. The third kappa shape index (κ3) is 8.46. The molecular weight excluding hydrogens is 491 g/mol. The van der Waals surface area contributed by atoms with Crippen LogP contribution in [0.4, 0.5) is 0 Å². The first-order chi connectivity index (χ1) is 11.6. The van der Waals surface area contributed by atoms with E-state index in [9.17, 15) is 8.42 Å². The van der Waals surface area contributed by atoms with Gasteiger partial charge in [-0.15, -0.1) is 35.3 Å². The zero-order chi connectivity index (χ0) is 17.3. The molecule has 0 aliphatic carbocycles. The first kappa shape index (κ1) is 23.0. The van der Waals surface area contributed by atoms with Crippen LogP contribution in [0.25, 0.3) is 0 Å². The van der Waals surface area contributed by atoms with E-state index < -0.39 is 10.0 Å². The molecule has 2 heterocycles. The summed E-state index contributed by atoms with van der Waals surface area (Å²) in [6, 6.07) is 4.16. The molecule has 1 aliphatic heterocycles. The van der Waals surface area contributed by atoms with Gasteiger partial charge in [-0.1, -0.05) is 6.07 Å². The molecule has 1 aromatic rings. The molecule has 0 amide bonds. The third-order valence-corrected chi connectivity index (χ3v) is 7.30. The number of hydrogen-bond donors (Lipinski definition) is 2. The summed E-state index contributed by atoms with van der Waals surface area (Å²) in [5.41, 5.74) is 0. The summed E-state index contributed by atoms with van der Waals surface area (Å²) in [6.45, 7) is 5.05. The summed E-state index contributed by atoms with van der Waals surface area (Å²) in [5.74, 6) is 2.52. The molecule has 6 nitrogen and oxygen atoms in total. The molecule has 144 valence electrons. The Morgan fingerprint density at radius 2 is 2.08 bits per heavy atom. The Balaban J connectivity index is 0.00000312. The predicted molar refractivity (Wildman–Crippen MR) is 120 cm³/mol. The van der Waals surface area contributed by atoms with Crippen molar-refractivity contribution in [1.82, 2.24) is 14.9 Å². The number of thiophene rings is 1. The molecule has 0 bridgehead atoms. The van der Waals surface area contributed by atoms with Gasteiger partial charge in [0.1, 0.15) is 0 Å². The van der Waals surface area contributed by atoms with Gasteiger partial charge in [0.15, 0.2) is 5.96 Å². The van der Waals surface area contributed by atoms with Crippen LogP contribution in [-0.4, -0.2) is 68.7 Å². The van der Waals surface area contributed by atoms with E-state index in [1.54, 1.807) is 27.4 Å². The van der Waals surface area contributed by atoms with Crippen LogP contribution in [0, 0.1) is 0 Å². The molecule has 1 fully saturated rings. The van der Waals surface area contributed by atoms with E-state index >= 15 is 0 Å². The molecule has 25 heavy (non-hydrogen) atoms. The molecule has 0 atom stereocenters. The molecule has 2 N–H and O–H groups in total. The fourth-order valence-electron chi connectivity index (χ4n) is 2.33. The molecule has 1 aliphatic rings. The van der Waals surface area contributed by atoms with Crippen molar-refractivity contribution >= 4 is 63.1 Å². The molecule has 0 aromatic carbocycles. The lowest BCUT2D eigenvalue weighted by Gasteiger charge is -2.25. The summed E-state index contributed by atoms with van der Waals surface area (Å²) in [5, 5.41) is 8.49. The smallest absolute Gasteiger partial charge is 0.215 e. The van der Waals surface area contributed by atoms with Crippen molar-refractivity contribution in [2.24, 2.45) is 4.99 Å². The number of aliphatic imine (C=N–C) groups is 1. The van der Waals surface area contributed by atoms with Crippen molar-refractivity contribution in [2.75, 3.05) is 50.0 Å². The van der Waals surface area contributed by atoms with E-state index in [1.807, 2.05) is 13.0 Å². The van der Waals surface area contributed by atoms with Gasteiger partial charge in [0.05, 0.1) is 12.3 Å². The van der Waals surface area contributed by atoms with Gasteiger partial charge in [-0.05, 0) is 24.8 Å². The summed E-state index contributed by atoms with van der Waals surface area (Å²) < 4.78 is 26.2. The third-order valence-electron chi connectivity index (χ3n) is 3.57. The van der Waals surface area contributed by atoms with Gasteiger partial charge in [0.2, 0.25) is 10.0 Å². The molecule has 2 rings (SSSR count). The highest BCUT2D eigenvalue weighted by molar-refractivity contribution is 14.0. The molecule has 0 radical (unpaired) electrons. The van der Waals surface area contributed by atoms with Crippen LogP contribution < -0.4 is 10.6 Å². The number of rotatable bonds is 8. The van der Waals surface area contributed by atoms with Gasteiger partial charge >= 0.3 is 0 Å². The fraction of sp³-hybridized carbons (Fsp3) is 0.667. The number of sulfonamides is 1. The lowest BCUT2D eigenvalue weighted by atomic mass is 10.3. The Labute approximate surface area is 176 Å². The molecule has 1 aromatic heterocycles. The summed E-state index contributed by atoms with van der Waals surface area (Å²) in [6.07, 6.45) is 0.936. The maximum atomic E-state index is 12.3. The number of thioether (sulfide) groups is 1. The quantitative estimate of drug-likeness (QED) is 0.312. The van der Waals surface area contributed by atoms with Crippen LogP contribution in [0.1, 0.15) is 11.8 Å². The van der Waals surface area contributed by atoms with Crippen LogP contribution in [0.5, 0.6) is 0 Å². The molecule has 0 unspecified atom stereocenters. The summed E-state index contributed by atoms with van der Waals surface area (Å²) in [4.78, 5) is 5.72. The van der Waals surface area contributed by atoms with Gasteiger partial charge in [-0.3, -0.25) is 4.99 Å². The maximum Gasteiger partial charge on any atom is 0.215 e. The lowest BCUT2D eigenvalue weighted by molar-refractivity contribution is 0.444. The minimum absolute atomic E-state index is 0. The van der Waals surface area contributed by atoms with Crippen molar-refractivity contribution < 1.29 is 8.42 Å². The zero-order valence-electron chi connectivity index (χ0n) is 14.4. The average Bonchev–Trinajstić information content (AvgIpc) is 3.09. The highest BCUT2D eigenvalue weighted by Crippen LogP contribution is 2.13. The second-order valence-electron chi connectivity index (χ2n) is 5.34. The Hall–Kier alpha value is -0.0400. The minimum Gasteiger partial charge on any atom is -0.357 e. The largest absolute Gasteiger partial charge is 0.357 e.